The quantitative estimate of drug-likeness (QED) is 0.162. The second kappa shape index (κ2) is 10.6. The fourth-order valence-corrected chi connectivity index (χ4v) is 3.52. The largest absolute Gasteiger partial charge is 0.457 e. The van der Waals surface area contributed by atoms with Crippen molar-refractivity contribution < 1.29 is 18.9 Å². The van der Waals surface area contributed by atoms with E-state index in [1.165, 1.54) is 0 Å². The molecule has 8 nitrogen and oxygen atoms in total. The topological polar surface area (TPSA) is 141 Å². The molecule has 5 aromatic carbocycles. The fraction of sp³-hybridized carbons (Fsp3) is 0. The van der Waals surface area contributed by atoms with Gasteiger partial charge in [0.15, 0.2) is 11.5 Å². The monoisotopic (exact) mass is 506 g/mol. The Labute approximate surface area is 219 Å². The minimum Gasteiger partial charge on any atom is -0.457 e. The summed E-state index contributed by atoms with van der Waals surface area (Å²) in [6.07, 6.45) is 0. The Bertz CT molecular complexity index is 1400. The molecule has 0 aliphatic heterocycles. The maximum absolute atomic E-state index is 6.26. The Hall–Kier alpha value is -5.50. The average Bonchev–Trinajstić information content (AvgIpc) is 2.93. The molecular weight excluding hydrogens is 480 g/mol. The van der Waals surface area contributed by atoms with E-state index in [1.807, 2.05) is 0 Å². The van der Waals surface area contributed by atoms with Crippen molar-refractivity contribution >= 4 is 22.7 Å². The second-order valence-corrected chi connectivity index (χ2v) is 8.38. The van der Waals surface area contributed by atoms with Crippen LogP contribution < -0.4 is 41.9 Å². The van der Waals surface area contributed by atoms with Gasteiger partial charge in [0.25, 0.3) is 0 Å². The van der Waals surface area contributed by atoms with Crippen molar-refractivity contribution in [3.63, 3.8) is 0 Å². The van der Waals surface area contributed by atoms with Crippen molar-refractivity contribution in [3.8, 4) is 46.0 Å². The molecule has 0 unspecified atom stereocenters. The van der Waals surface area contributed by atoms with Gasteiger partial charge < -0.3 is 41.9 Å². The summed E-state index contributed by atoms with van der Waals surface area (Å²) in [5.41, 5.74) is 25.8. The van der Waals surface area contributed by atoms with Crippen molar-refractivity contribution in [2.24, 2.45) is 0 Å². The van der Waals surface area contributed by atoms with Gasteiger partial charge in [-0.25, -0.2) is 0 Å². The third-order valence-corrected chi connectivity index (χ3v) is 5.54. The zero-order chi connectivity index (χ0) is 26.5. The lowest BCUT2D eigenvalue weighted by Gasteiger charge is -2.15. The Morgan fingerprint density at radius 1 is 0.289 bits per heavy atom. The molecule has 0 aliphatic rings. The van der Waals surface area contributed by atoms with Crippen molar-refractivity contribution in [1.29, 1.82) is 0 Å². The summed E-state index contributed by atoms with van der Waals surface area (Å²) in [6.45, 7) is 0. The first-order valence-electron chi connectivity index (χ1n) is 11.7. The molecule has 5 rings (SSSR count). The second-order valence-electron chi connectivity index (χ2n) is 8.38. The van der Waals surface area contributed by atoms with Crippen molar-refractivity contribution in [2.45, 2.75) is 0 Å². The standard InChI is InChI=1S/C30H26N4O4/c31-19-1-5-21(6-2-19)35-23-9-13-25(14-10-23)37-27-17-18-28(30(34)29(27)33)38-26-15-11-24(12-16-26)36-22-7-3-20(32)4-8-22/h1-18H,31-34H2. The molecule has 0 fully saturated rings. The number of hydrogen-bond acceptors (Lipinski definition) is 8. The molecule has 0 aromatic heterocycles. The molecule has 0 bridgehead atoms. The van der Waals surface area contributed by atoms with Crippen molar-refractivity contribution in [3.05, 3.63) is 109 Å². The number of nitrogen functional groups attached to an aromatic ring is 4. The molecule has 0 spiro atoms. The first kappa shape index (κ1) is 24.2. The van der Waals surface area contributed by atoms with E-state index in [1.54, 1.807) is 109 Å². The lowest BCUT2D eigenvalue weighted by Crippen LogP contribution is -2.00. The molecule has 0 heterocycles. The van der Waals surface area contributed by atoms with E-state index in [0.717, 1.165) is 0 Å². The van der Waals surface area contributed by atoms with Crippen LogP contribution in [0.4, 0.5) is 22.7 Å². The van der Waals surface area contributed by atoms with Crippen LogP contribution in [0.25, 0.3) is 0 Å². The number of rotatable bonds is 8. The summed E-state index contributed by atoms with van der Waals surface area (Å²) in [5, 5.41) is 0. The number of benzene rings is 5. The van der Waals surface area contributed by atoms with Crippen LogP contribution in [0.1, 0.15) is 0 Å². The fourth-order valence-electron chi connectivity index (χ4n) is 3.52. The van der Waals surface area contributed by atoms with Crippen LogP contribution in [0.15, 0.2) is 109 Å². The highest BCUT2D eigenvalue weighted by Crippen LogP contribution is 2.40. The summed E-state index contributed by atoms with van der Waals surface area (Å²) in [6, 6.07) is 32.0. The Morgan fingerprint density at radius 2 is 0.526 bits per heavy atom. The Kier molecular flexibility index (Phi) is 6.77. The van der Waals surface area contributed by atoms with E-state index < -0.39 is 0 Å². The highest BCUT2D eigenvalue weighted by atomic mass is 16.5. The molecule has 0 aliphatic carbocycles. The molecule has 0 radical (unpaired) electrons. The van der Waals surface area contributed by atoms with Crippen molar-refractivity contribution in [1.82, 2.24) is 0 Å². The zero-order valence-electron chi connectivity index (χ0n) is 20.3. The molecule has 190 valence electrons. The van der Waals surface area contributed by atoms with E-state index >= 15 is 0 Å². The first-order valence-corrected chi connectivity index (χ1v) is 11.7. The summed E-state index contributed by atoms with van der Waals surface area (Å²) < 4.78 is 23.5. The first-order chi connectivity index (χ1) is 18.4. The minimum atomic E-state index is 0.271. The molecule has 5 aromatic rings. The van der Waals surface area contributed by atoms with Crippen LogP contribution in [0, 0.1) is 0 Å². The summed E-state index contributed by atoms with van der Waals surface area (Å²) >= 11 is 0. The molecule has 0 saturated carbocycles. The van der Waals surface area contributed by atoms with E-state index in [0.29, 0.717) is 57.4 Å². The predicted octanol–water partition coefficient (Wildman–Crippen LogP) is 7.18. The molecule has 8 heteroatoms. The van der Waals surface area contributed by atoms with Gasteiger partial charge in [0.2, 0.25) is 0 Å². The molecule has 8 N–H and O–H groups in total. The lowest BCUT2D eigenvalue weighted by molar-refractivity contribution is 0.464. The molecule has 0 amide bonds. The van der Waals surface area contributed by atoms with Gasteiger partial charge in [-0.15, -0.1) is 0 Å². The van der Waals surface area contributed by atoms with E-state index in [2.05, 4.69) is 0 Å². The van der Waals surface area contributed by atoms with Crippen LogP contribution in [0.2, 0.25) is 0 Å². The summed E-state index contributed by atoms with van der Waals surface area (Å²) in [5.74, 6) is 4.65. The van der Waals surface area contributed by atoms with Gasteiger partial charge in [0.1, 0.15) is 45.9 Å². The summed E-state index contributed by atoms with van der Waals surface area (Å²) in [7, 11) is 0. The number of anilines is 4. The minimum absolute atomic E-state index is 0.271. The maximum Gasteiger partial charge on any atom is 0.152 e. The number of hydrogen-bond donors (Lipinski definition) is 4. The molecule has 0 atom stereocenters. The van der Waals surface area contributed by atoms with Crippen LogP contribution in [-0.4, -0.2) is 0 Å². The highest BCUT2D eigenvalue weighted by molar-refractivity contribution is 5.77. The number of ether oxygens (including phenoxy) is 4. The van der Waals surface area contributed by atoms with Crippen LogP contribution in [-0.2, 0) is 0 Å². The molecule has 38 heavy (non-hydrogen) atoms. The van der Waals surface area contributed by atoms with Gasteiger partial charge in [0.05, 0.1) is 0 Å². The van der Waals surface area contributed by atoms with Gasteiger partial charge in [0, 0.05) is 11.4 Å². The van der Waals surface area contributed by atoms with Gasteiger partial charge in [-0.2, -0.15) is 0 Å². The average molecular weight is 507 g/mol. The van der Waals surface area contributed by atoms with Gasteiger partial charge in [-0.1, -0.05) is 0 Å². The predicted molar refractivity (Wildman–Crippen MR) is 150 cm³/mol. The number of nitrogens with two attached hydrogens (primary N) is 4. The zero-order valence-corrected chi connectivity index (χ0v) is 20.3. The molecular formula is C30H26N4O4. The van der Waals surface area contributed by atoms with Gasteiger partial charge >= 0.3 is 0 Å². The highest BCUT2D eigenvalue weighted by Gasteiger charge is 2.12. The van der Waals surface area contributed by atoms with Crippen LogP contribution >= 0.6 is 0 Å². The van der Waals surface area contributed by atoms with Crippen LogP contribution in [0.5, 0.6) is 46.0 Å². The maximum atomic E-state index is 6.26. The van der Waals surface area contributed by atoms with Crippen LogP contribution in [0.3, 0.4) is 0 Å². The normalized spacial score (nSPS) is 10.5. The third kappa shape index (κ3) is 5.83. The van der Waals surface area contributed by atoms with Gasteiger partial charge in [-0.3, -0.25) is 0 Å². The van der Waals surface area contributed by atoms with Gasteiger partial charge in [-0.05, 0) is 109 Å². The van der Waals surface area contributed by atoms with E-state index in [-0.39, 0.29) is 11.4 Å². The third-order valence-electron chi connectivity index (χ3n) is 5.54. The smallest absolute Gasteiger partial charge is 0.152 e. The SMILES string of the molecule is Nc1ccc(Oc2ccc(Oc3ccc(Oc4ccc(Oc5ccc(N)cc5)cc4)c(N)c3N)cc2)cc1. The Morgan fingerprint density at radius 3 is 0.816 bits per heavy atom. The van der Waals surface area contributed by atoms with Crippen molar-refractivity contribution in [2.75, 3.05) is 22.9 Å². The Balaban J connectivity index is 1.22. The van der Waals surface area contributed by atoms with E-state index in [9.17, 15) is 0 Å². The summed E-state index contributed by atoms with van der Waals surface area (Å²) in [4.78, 5) is 0. The lowest BCUT2D eigenvalue weighted by atomic mass is 10.2. The van der Waals surface area contributed by atoms with E-state index in [4.69, 9.17) is 41.9 Å². The molecule has 0 saturated heterocycles.